The first-order chi connectivity index (χ1) is 30.4. The van der Waals surface area contributed by atoms with Crippen molar-refractivity contribution < 1.29 is 18.3 Å². The summed E-state index contributed by atoms with van der Waals surface area (Å²) in [5, 5.41) is 2.12. The Bertz CT molecular complexity index is 3170. The van der Waals surface area contributed by atoms with Gasteiger partial charge in [0.15, 0.2) is 11.5 Å². The van der Waals surface area contributed by atoms with Crippen molar-refractivity contribution in [3.63, 3.8) is 0 Å². The summed E-state index contributed by atoms with van der Waals surface area (Å²) in [7, 11) is 0. The zero-order chi connectivity index (χ0) is 42.9. The Hall–Kier alpha value is -7.12. The summed E-state index contributed by atoms with van der Waals surface area (Å²) in [6, 6.07) is 52.8. The summed E-state index contributed by atoms with van der Waals surface area (Å²) in [6.07, 6.45) is 0. The summed E-state index contributed by atoms with van der Waals surface area (Å²) < 4.78 is 25.5. The molecular formula is C56H47BN2O4. The van der Waals surface area contributed by atoms with Gasteiger partial charge in [0.1, 0.15) is 22.7 Å². The van der Waals surface area contributed by atoms with E-state index in [1.807, 2.05) is 24.3 Å². The van der Waals surface area contributed by atoms with Crippen LogP contribution in [0.4, 0.5) is 34.1 Å². The van der Waals surface area contributed by atoms with Gasteiger partial charge in [0.25, 0.3) is 6.71 Å². The number of furan rings is 2. The lowest BCUT2D eigenvalue weighted by atomic mass is 9.33. The fourth-order valence-corrected chi connectivity index (χ4v) is 9.93. The van der Waals surface area contributed by atoms with Crippen LogP contribution < -0.4 is 35.7 Å². The Morgan fingerprint density at radius 1 is 0.476 bits per heavy atom. The lowest BCUT2D eigenvalue weighted by Gasteiger charge is -2.45. The fourth-order valence-electron chi connectivity index (χ4n) is 9.93. The third-order valence-corrected chi connectivity index (χ3v) is 13.2. The molecule has 3 aliphatic rings. The summed E-state index contributed by atoms with van der Waals surface area (Å²) in [5.41, 5.74) is 17.6. The Morgan fingerprint density at radius 3 is 1.60 bits per heavy atom. The second kappa shape index (κ2) is 13.4. The van der Waals surface area contributed by atoms with Gasteiger partial charge in [0.05, 0.1) is 0 Å². The van der Waals surface area contributed by atoms with Crippen LogP contribution in [0.15, 0.2) is 154 Å². The highest BCUT2D eigenvalue weighted by molar-refractivity contribution is 7.00. The molecule has 0 bridgehead atoms. The zero-order valence-corrected chi connectivity index (χ0v) is 36.7. The molecule has 0 amide bonds. The van der Waals surface area contributed by atoms with E-state index in [0.29, 0.717) is 0 Å². The molecular weight excluding hydrogens is 775 g/mol. The molecule has 12 rings (SSSR count). The molecule has 3 aliphatic heterocycles. The van der Waals surface area contributed by atoms with Crippen LogP contribution in [0.1, 0.15) is 58.2 Å². The molecule has 7 aromatic carbocycles. The largest absolute Gasteiger partial charge is 0.456 e. The summed E-state index contributed by atoms with van der Waals surface area (Å²) >= 11 is 0. The van der Waals surface area contributed by atoms with Crippen LogP contribution in [0.3, 0.4) is 0 Å². The van der Waals surface area contributed by atoms with Crippen molar-refractivity contribution in [3.05, 3.63) is 162 Å². The highest BCUT2D eigenvalue weighted by Crippen LogP contribution is 2.49. The minimum Gasteiger partial charge on any atom is -0.456 e. The molecule has 0 atom stereocenters. The first-order valence-corrected chi connectivity index (χ1v) is 21.9. The van der Waals surface area contributed by atoms with Gasteiger partial charge in [0, 0.05) is 62.1 Å². The van der Waals surface area contributed by atoms with Gasteiger partial charge in [-0.25, -0.2) is 0 Å². The molecule has 63 heavy (non-hydrogen) atoms. The topological polar surface area (TPSA) is 51.2 Å². The maximum absolute atomic E-state index is 6.61. The number of fused-ring (bicyclic) bond motifs is 7. The normalized spacial score (nSPS) is 14.0. The first kappa shape index (κ1) is 37.6. The maximum atomic E-state index is 6.61. The molecule has 6 nitrogen and oxygen atoms in total. The lowest BCUT2D eigenvalue weighted by molar-refractivity contribution is 0.174. The van der Waals surface area contributed by atoms with Gasteiger partial charge < -0.3 is 28.1 Å². The number of benzene rings is 7. The molecule has 0 saturated carbocycles. The molecule has 9 aromatic rings. The first-order valence-electron chi connectivity index (χ1n) is 21.9. The van der Waals surface area contributed by atoms with Gasteiger partial charge in [-0.15, -0.1) is 0 Å². The zero-order valence-electron chi connectivity index (χ0n) is 36.7. The third kappa shape index (κ3) is 6.00. The molecule has 0 aliphatic carbocycles. The number of para-hydroxylation sites is 2. The SMILES string of the molecule is Cc1cc2c3c(c1)N(c1ccc(C(C)(C)C)cc1)c1cc4c(cc1B3c1cc(C(C)(C)C)ccc1N2c1cc(-c2cc3ccccc3o2)cc(-c2cc3ccccc3o2)c1)OCO4. The molecule has 0 unspecified atom stereocenters. The highest BCUT2D eigenvalue weighted by atomic mass is 16.7. The number of aryl methyl sites for hydroxylation is 1. The van der Waals surface area contributed by atoms with E-state index in [9.17, 15) is 0 Å². The van der Waals surface area contributed by atoms with E-state index in [4.69, 9.17) is 18.3 Å². The van der Waals surface area contributed by atoms with Crippen molar-refractivity contribution in [2.75, 3.05) is 16.6 Å². The van der Waals surface area contributed by atoms with Crippen LogP contribution in [-0.4, -0.2) is 13.5 Å². The van der Waals surface area contributed by atoms with Crippen LogP contribution >= 0.6 is 0 Å². The third-order valence-electron chi connectivity index (χ3n) is 13.2. The second-order valence-corrected chi connectivity index (χ2v) is 19.5. The fraction of sp³-hybridized carbons (Fsp3) is 0.179. The second-order valence-electron chi connectivity index (χ2n) is 19.5. The number of rotatable bonds is 4. The van der Waals surface area contributed by atoms with Gasteiger partial charge >= 0.3 is 0 Å². The van der Waals surface area contributed by atoms with Crippen molar-refractivity contribution in [2.45, 2.75) is 59.3 Å². The highest BCUT2D eigenvalue weighted by Gasteiger charge is 2.45. The summed E-state index contributed by atoms with van der Waals surface area (Å²) in [4.78, 5) is 4.91. The lowest BCUT2D eigenvalue weighted by Crippen LogP contribution is -2.61. The molecule has 0 radical (unpaired) electrons. The minimum atomic E-state index is -0.0906. The van der Waals surface area contributed by atoms with E-state index in [0.717, 1.165) is 95.8 Å². The van der Waals surface area contributed by atoms with Gasteiger partial charge in [0.2, 0.25) is 6.79 Å². The molecule has 308 valence electrons. The molecule has 0 saturated heterocycles. The van der Waals surface area contributed by atoms with Crippen LogP contribution in [-0.2, 0) is 10.8 Å². The molecule has 0 fully saturated rings. The van der Waals surface area contributed by atoms with Crippen molar-refractivity contribution in [1.29, 1.82) is 0 Å². The van der Waals surface area contributed by atoms with Crippen LogP contribution in [0.2, 0.25) is 0 Å². The number of hydrogen-bond acceptors (Lipinski definition) is 6. The monoisotopic (exact) mass is 822 g/mol. The number of ether oxygens (including phenoxy) is 2. The van der Waals surface area contributed by atoms with E-state index in [1.165, 1.54) is 27.5 Å². The molecule has 7 heteroatoms. The van der Waals surface area contributed by atoms with Gasteiger partial charge in [-0.3, -0.25) is 0 Å². The van der Waals surface area contributed by atoms with E-state index >= 15 is 0 Å². The van der Waals surface area contributed by atoms with Crippen LogP contribution in [0.25, 0.3) is 44.6 Å². The van der Waals surface area contributed by atoms with Gasteiger partial charge in [-0.2, -0.15) is 0 Å². The average molecular weight is 823 g/mol. The van der Waals surface area contributed by atoms with Crippen molar-refractivity contribution in [2.24, 2.45) is 0 Å². The number of hydrogen-bond donors (Lipinski definition) is 0. The smallest absolute Gasteiger partial charge is 0.252 e. The Balaban J connectivity index is 1.15. The summed E-state index contributed by atoms with van der Waals surface area (Å²) in [5.74, 6) is 3.14. The van der Waals surface area contributed by atoms with Gasteiger partial charge in [-0.05, 0) is 130 Å². The van der Waals surface area contributed by atoms with E-state index in [1.54, 1.807) is 0 Å². The Kier molecular flexibility index (Phi) is 8.03. The Morgan fingerprint density at radius 2 is 1.02 bits per heavy atom. The standard InChI is InChI=1S/C56H47BN2O4/c1-33-22-46-54-47(23-33)59(41-25-36(50-27-34-12-8-10-14-48(34)62-50)24-37(26-41)51-28-35-13-9-11-15-49(35)63-51)44-21-18-39(56(5,6)7)29-42(44)57(54)43-30-52-53(61-32-60-52)31-45(43)58(46)40-19-16-38(17-20-40)55(2,3)4/h8-31H,32H2,1-7H3. The maximum Gasteiger partial charge on any atom is 0.252 e. The van der Waals surface area contributed by atoms with Crippen molar-refractivity contribution in [3.8, 4) is 34.1 Å². The van der Waals surface area contributed by atoms with E-state index in [-0.39, 0.29) is 24.3 Å². The molecule has 2 aromatic heterocycles. The van der Waals surface area contributed by atoms with Crippen LogP contribution in [0, 0.1) is 6.92 Å². The predicted octanol–water partition coefficient (Wildman–Crippen LogP) is 13.2. The average Bonchev–Trinajstić information content (AvgIpc) is 4.03. The Labute approximate surface area is 368 Å². The molecule has 0 N–H and O–H groups in total. The van der Waals surface area contributed by atoms with E-state index < -0.39 is 0 Å². The van der Waals surface area contributed by atoms with E-state index in [2.05, 4.69) is 180 Å². The van der Waals surface area contributed by atoms with Crippen molar-refractivity contribution in [1.82, 2.24) is 0 Å². The minimum absolute atomic E-state index is 0.0189. The van der Waals surface area contributed by atoms with Crippen LogP contribution in [0.5, 0.6) is 11.5 Å². The quantitative estimate of drug-likeness (QED) is 0.165. The van der Waals surface area contributed by atoms with Crippen molar-refractivity contribution >= 4 is 79.2 Å². The predicted molar refractivity (Wildman–Crippen MR) is 259 cm³/mol. The molecule has 5 heterocycles. The van der Waals surface area contributed by atoms with Gasteiger partial charge in [-0.1, -0.05) is 102 Å². The molecule has 0 spiro atoms. The number of anilines is 6. The summed E-state index contributed by atoms with van der Waals surface area (Å²) in [6.45, 7) is 16.0. The number of nitrogens with zero attached hydrogens (tertiary/aromatic N) is 2.